The van der Waals surface area contributed by atoms with Crippen molar-refractivity contribution in [2.45, 2.75) is 45.8 Å². The molecule has 17 heavy (non-hydrogen) atoms. The lowest BCUT2D eigenvalue weighted by molar-refractivity contribution is 0.144. The van der Waals surface area contributed by atoms with Crippen molar-refractivity contribution in [3.05, 3.63) is 34.3 Å². The van der Waals surface area contributed by atoms with Crippen LogP contribution < -0.4 is 5.73 Å². The standard InChI is InChI=1S/C14H23BrN2/c1-5-17(10(2)3)14(11(4)16)12-6-8-13(15)9-7-12/h6-11,14H,5,16H2,1-4H3. The average Bonchev–Trinajstić information content (AvgIpc) is 2.26. The lowest BCUT2D eigenvalue weighted by Crippen LogP contribution is -2.43. The molecule has 1 aromatic rings. The molecule has 0 saturated heterocycles. The minimum atomic E-state index is 0.124. The maximum atomic E-state index is 6.17. The molecule has 2 unspecified atom stereocenters. The van der Waals surface area contributed by atoms with Crippen molar-refractivity contribution in [2.24, 2.45) is 5.73 Å². The van der Waals surface area contributed by atoms with E-state index in [4.69, 9.17) is 5.73 Å². The lowest BCUT2D eigenvalue weighted by atomic mass is 9.98. The summed E-state index contributed by atoms with van der Waals surface area (Å²) in [5.41, 5.74) is 7.46. The molecule has 96 valence electrons. The van der Waals surface area contributed by atoms with Gasteiger partial charge < -0.3 is 5.73 Å². The van der Waals surface area contributed by atoms with E-state index in [9.17, 15) is 0 Å². The Morgan fingerprint density at radius 2 is 1.71 bits per heavy atom. The summed E-state index contributed by atoms with van der Waals surface area (Å²) in [5, 5.41) is 0. The van der Waals surface area contributed by atoms with Gasteiger partial charge >= 0.3 is 0 Å². The van der Waals surface area contributed by atoms with E-state index in [0.717, 1.165) is 11.0 Å². The molecule has 0 aliphatic carbocycles. The quantitative estimate of drug-likeness (QED) is 0.900. The zero-order valence-corrected chi connectivity index (χ0v) is 12.7. The van der Waals surface area contributed by atoms with Crippen LogP contribution in [-0.4, -0.2) is 23.5 Å². The third-order valence-corrected chi connectivity index (χ3v) is 3.62. The van der Waals surface area contributed by atoms with Crippen molar-refractivity contribution in [3.8, 4) is 0 Å². The highest BCUT2D eigenvalue weighted by atomic mass is 79.9. The first-order valence-electron chi connectivity index (χ1n) is 6.24. The molecular weight excluding hydrogens is 276 g/mol. The fourth-order valence-corrected chi connectivity index (χ4v) is 2.60. The summed E-state index contributed by atoms with van der Waals surface area (Å²) < 4.78 is 1.11. The molecule has 0 saturated carbocycles. The number of nitrogens with two attached hydrogens (primary N) is 1. The first kappa shape index (κ1) is 14.7. The normalized spacial score (nSPS) is 15.3. The molecule has 0 bridgehead atoms. The molecule has 1 rings (SSSR count). The SMILES string of the molecule is CCN(C(C)C)C(c1ccc(Br)cc1)C(C)N. The smallest absolute Gasteiger partial charge is 0.0499 e. The Bertz CT molecular complexity index is 333. The van der Waals surface area contributed by atoms with Crippen molar-refractivity contribution < 1.29 is 0 Å². The maximum Gasteiger partial charge on any atom is 0.0499 e. The van der Waals surface area contributed by atoms with E-state index in [0.29, 0.717) is 6.04 Å². The van der Waals surface area contributed by atoms with Crippen molar-refractivity contribution in [2.75, 3.05) is 6.54 Å². The molecule has 0 spiro atoms. The van der Waals surface area contributed by atoms with Gasteiger partial charge in [0.1, 0.15) is 0 Å². The Balaban J connectivity index is 3.03. The average molecular weight is 299 g/mol. The van der Waals surface area contributed by atoms with Crippen LogP contribution in [0.15, 0.2) is 28.7 Å². The van der Waals surface area contributed by atoms with Gasteiger partial charge in [0.05, 0.1) is 0 Å². The van der Waals surface area contributed by atoms with Gasteiger partial charge in [-0.25, -0.2) is 0 Å². The van der Waals surface area contributed by atoms with E-state index >= 15 is 0 Å². The molecule has 0 aliphatic heterocycles. The zero-order chi connectivity index (χ0) is 13.0. The molecule has 2 atom stereocenters. The molecule has 0 fully saturated rings. The Labute approximate surface area is 113 Å². The van der Waals surface area contributed by atoms with Crippen molar-refractivity contribution in [1.29, 1.82) is 0 Å². The van der Waals surface area contributed by atoms with Crippen LogP contribution in [0, 0.1) is 0 Å². The summed E-state index contributed by atoms with van der Waals surface area (Å²) in [6, 6.07) is 9.38. The van der Waals surface area contributed by atoms with Crippen LogP contribution in [0.3, 0.4) is 0 Å². The number of benzene rings is 1. The van der Waals surface area contributed by atoms with Crippen molar-refractivity contribution in [3.63, 3.8) is 0 Å². The first-order chi connectivity index (χ1) is 7.97. The molecule has 0 aliphatic rings. The Kier molecular flexibility index (Phi) is 5.63. The number of halogens is 1. The number of hydrogen-bond donors (Lipinski definition) is 1. The van der Waals surface area contributed by atoms with Crippen molar-refractivity contribution in [1.82, 2.24) is 4.90 Å². The summed E-state index contributed by atoms with van der Waals surface area (Å²) in [6.07, 6.45) is 0. The Morgan fingerprint density at radius 3 is 2.06 bits per heavy atom. The number of hydrogen-bond acceptors (Lipinski definition) is 2. The molecule has 0 amide bonds. The molecule has 0 aromatic heterocycles. The molecule has 0 radical (unpaired) electrons. The van der Waals surface area contributed by atoms with Crippen molar-refractivity contribution >= 4 is 15.9 Å². The summed E-state index contributed by atoms with van der Waals surface area (Å²) >= 11 is 3.47. The zero-order valence-electron chi connectivity index (χ0n) is 11.2. The Morgan fingerprint density at radius 1 is 1.18 bits per heavy atom. The van der Waals surface area contributed by atoms with Gasteiger partial charge in [0.25, 0.3) is 0 Å². The van der Waals surface area contributed by atoms with Crippen LogP contribution >= 0.6 is 15.9 Å². The molecule has 3 heteroatoms. The monoisotopic (exact) mass is 298 g/mol. The number of nitrogens with zero attached hydrogens (tertiary/aromatic N) is 1. The van der Waals surface area contributed by atoms with Crippen LogP contribution in [0.4, 0.5) is 0 Å². The number of likely N-dealkylation sites (N-methyl/N-ethyl adjacent to an activating group) is 1. The van der Waals surface area contributed by atoms with Crippen LogP contribution in [-0.2, 0) is 0 Å². The Hall–Kier alpha value is -0.380. The minimum Gasteiger partial charge on any atom is -0.326 e. The highest BCUT2D eigenvalue weighted by molar-refractivity contribution is 9.10. The molecule has 0 heterocycles. The van der Waals surface area contributed by atoms with E-state index in [1.54, 1.807) is 0 Å². The largest absolute Gasteiger partial charge is 0.326 e. The fraction of sp³-hybridized carbons (Fsp3) is 0.571. The summed E-state index contributed by atoms with van der Waals surface area (Å²) in [5.74, 6) is 0. The second-order valence-electron chi connectivity index (χ2n) is 4.78. The van der Waals surface area contributed by atoms with E-state index < -0.39 is 0 Å². The van der Waals surface area contributed by atoms with Crippen LogP contribution in [0.1, 0.15) is 39.3 Å². The number of rotatable bonds is 5. The lowest BCUT2D eigenvalue weighted by Gasteiger charge is -2.36. The van der Waals surface area contributed by atoms with Crippen LogP contribution in [0.25, 0.3) is 0 Å². The van der Waals surface area contributed by atoms with E-state index in [-0.39, 0.29) is 12.1 Å². The second-order valence-corrected chi connectivity index (χ2v) is 5.70. The van der Waals surface area contributed by atoms with Gasteiger partial charge in [-0.2, -0.15) is 0 Å². The third-order valence-electron chi connectivity index (χ3n) is 3.10. The van der Waals surface area contributed by atoms with Gasteiger partial charge in [0.15, 0.2) is 0 Å². The van der Waals surface area contributed by atoms with Gasteiger partial charge in [-0.05, 0) is 45.0 Å². The van der Waals surface area contributed by atoms with Gasteiger partial charge in [0, 0.05) is 22.6 Å². The van der Waals surface area contributed by atoms with E-state index in [1.165, 1.54) is 5.56 Å². The summed E-state index contributed by atoms with van der Waals surface area (Å²) in [6.45, 7) is 9.72. The topological polar surface area (TPSA) is 29.3 Å². The molecular formula is C14H23BrN2. The van der Waals surface area contributed by atoms with Crippen LogP contribution in [0.2, 0.25) is 0 Å². The minimum absolute atomic E-state index is 0.124. The fourth-order valence-electron chi connectivity index (χ4n) is 2.34. The summed E-state index contributed by atoms with van der Waals surface area (Å²) in [4.78, 5) is 2.44. The molecule has 1 aromatic carbocycles. The van der Waals surface area contributed by atoms with Gasteiger partial charge in [-0.3, -0.25) is 4.90 Å². The predicted octanol–water partition coefficient (Wildman–Crippen LogP) is 3.57. The predicted molar refractivity (Wildman–Crippen MR) is 78.0 cm³/mol. The maximum absolute atomic E-state index is 6.17. The van der Waals surface area contributed by atoms with E-state index in [2.05, 4.69) is 72.8 Å². The van der Waals surface area contributed by atoms with Crippen LogP contribution in [0.5, 0.6) is 0 Å². The van der Waals surface area contributed by atoms with Gasteiger partial charge in [-0.15, -0.1) is 0 Å². The second kappa shape index (κ2) is 6.53. The summed E-state index contributed by atoms with van der Waals surface area (Å²) in [7, 11) is 0. The van der Waals surface area contributed by atoms with Gasteiger partial charge in [0.2, 0.25) is 0 Å². The molecule has 2 nitrogen and oxygen atoms in total. The molecule has 2 N–H and O–H groups in total. The highest BCUT2D eigenvalue weighted by Gasteiger charge is 2.24. The first-order valence-corrected chi connectivity index (χ1v) is 7.03. The van der Waals surface area contributed by atoms with Gasteiger partial charge in [-0.1, -0.05) is 35.0 Å². The highest BCUT2D eigenvalue weighted by Crippen LogP contribution is 2.26. The third kappa shape index (κ3) is 3.80. The van der Waals surface area contributed by atoms with E-state index in [1.807, 2.05) is 0 Å².